The van der Waals surface area contributed by atoms with Crippen molar-refractivity contribution in [2.24, 2.45) is 0 Å². The molecular formula is C12H17NO5. The van der Waals surface area contributed by atoms with Gasteiger partial charge in [0.2, 0.25) is 5.91 Å². The summed E-state index contributed by atoms with van der Waals surface area (Å²) in [5, 5.41) is 2.48. The fraction of sp³-hybridized carbons (Fsp3) is 0.583. The number of carbonyl (C=O) groups excluding carboxylic acids is 3. The van der Waals surface area contributed by atoms with E-state index in [4.69, 9.17) is 4.74 Å². The number of nitrogens with one attached hydrogen (secondary N) is 1. The van der Waals surface area contributed by atoms with Gasteiger partial charge < -0.3 is 14.8 Å². The molecule has 1 aliphatic heterocycles. The molecule has 0 fully saturated rings. The third-order valence-electron chi connectivity index (χ3n) is 2.45. The van der Waals surface area contributed by atoms with E-state index in [9.17, 15) is 14.4 Å². The monoisotopic (exact) mass is 255 g/mol. The maximum absolute atomic E-state index is 11.5. The Morgan fingerprint density at radius 2 is 2.00 bits per heavy atom. The summed E-state index contributed by atoms with van der Waals surface area (Å²) in [7, 11) is 1.22. The fourth-order valence-electron chi connectivity index (χ4n) is 1.48. The van der Waals surface area contributed by atoms with Crippen LogP contribution >= 0.6 is 0 Å². The van der Waals surface area contributed by atoms with Gasteiger partial charge in [-0.3, -0.25) is 9.59 Å². The smallest absolute Gasteiger partial charge is 0.331 e. The highest BCUT2D eigenvalue weighted by atomic mass is 16.5. The number of amides is 1. The van der Waals surface area contributed by atoms with Crippen LogP contribution in [0.2, 0.25) is 0 Å². The molecule has 0 saturated carbocycles. The van der Waals surface area contributed by atoms with Gasteiger partial charge in [-0.1, -0.05) is 12.2 Å². The van der Waals surface area contributed by atoms with Crippen LogP contribution in [-0.4, -0.2) is 37.6 Å². The minimum atomic E-state index is -0.935. The Kier molecular flexibility index (Phi) is 5.90. The summed E-state index contributed by atoms with van der Waals surface area (Å²) in [6.45, 7) is -0.193. The minimum Gasteiger partial charge on any atom is -0.467 e. The molecule has 1 rings (SSSR count). The number of allylic oxidation sites excluding steroid dienone is 2. The van der Waals surface area contributed by atoms with Crippen molar-refractivity contribution in [2.75, 3.05) is 13.7 Å². The molecule has 0 saturated heterocycles. The summed E-state index contributed by atoms with van der Waals surface area (Å²) in [4.78, 5) is 34.2. The van der Waals surface area contributed by atoms with Crippen LogP contribution in [0.3, 0.4) is 0 Å². The van der Waals surface area contributed by atoms with Gasteiger partial charge in [-0.2, -0.15) is 0 Å². The van der Waals surface area contributed by atoms with E-state index >= 15 is 0 Å². The lowest BCUT2D eigenvalue weighted by molar-refractivity contribution is -0.152. The topological polar surface area (TPSA) is 81.7 Å². The number of rotatable bonds is 1. The van der Waals surface area contributed by atoms with Gasteiger partial charge in [0, 0.05) is 12.8 Å². The van der Waals surface area contributed by atoms with Crippen LogP contribution in [0.5, 0.6) is 0 Å². The molecule has 0 radical (unpaired) electrons. The standard InChI is InChI=1S/C12H17NO5/c1-17-12(16)9-8-18-11(15)7-5-3-2-4-6-10(14)13-9/h2-3,9H,4-8H2,1H3,(H,13,14)/b3-2-. The number of hydrogen-bond acceptors (Lipinski definition) is 5. The summed E-state index contributed by atoms with van der Waals surface area (Å²) in [5.41, 5.74) is 0. The number of methoxy groups -OCH3 is 1. The van der Waals surface area contributed by atoms with Gasteiger partial charge >= 0.3 is 11.9 Å². The van der Waals surface area contributed by atoms with E-state index in [1.54, 1.807) is 0 Å². The molecule has 0 aromatic rings. The zero-order valence-electron chi connectivity index (χ0n) is 10.3. The Balaban J connectivity index is 2.66. The molecule has 1 amide bonds. The van der Waals surface area contributed by atoms with E-state index in [0.717, 1.165) is 0 Å². The first-order valence-corrected chi connectivity index (χ1v) is 5.81. The van der Waals surface area contributed by atoms with Crippen molar-refractivity contribution >= 4 is 17.8 Å². The van der Waals surface area contributed by atoms with Crippen molar-refractivity contribution in [1.29, 1.82) is 0 Å². The van der Waals surface area contributed by atoms with E-state index in [1.165, 1.54) is 7.11 Å². The molecule has 1 atom stereocenters. The highest BCUT2D eigenvalue weighted by Crippen LogP contribution is 2.02. The van der Waals surface area contributed by atoms with Crippen molar-refractivity contribution in [3.05, 3.63) is 12.2 Å². The Morgan fingerprint density at radius 3 is 2.67 bits per heavy atom. The molecular weight excluding hydrogens is 238 g/mol. The largest absolute Gasteiger partial charge is 0.467 e. The SMILES string of the molecule is COC(=O)C1COC(=O)CC/C=C\CCC(=O)N1. The Bertz CT molecular complexity index is 350. The lowest BCUT2D eigenvalue weighted by atomic mass is 10.2. The van der Waals surface area contributed by atoms with Crippen LogP contribution in [-0.2, 0) is 23.9 Å². The Morgan fingerprint density at radius 1 is 1.33 bits per heavy atom. The predicted molar refractivity (Wildman–Crippen MR) is 62.5 cm³/mol. The second-order valence-electron chi connectivity index (χ2n) is 3.88. The molecule has 100 valence electrons. The van der Waals surface area contributed by atoms with Gasteiger partial charge in [0.15, 0.2) is 6.04 Å². The van der Waals surface area contributed by atoms with E-state index < -0.39 is 18.0 Å². The van der Waals surface area contributed by atoms with E-state index in [1.807, 2.05) is 12.2 Å². The van der Waals surface area contributed by atoms with Crippen LogP contribution in [0.1, 0.15) is 25.7 Å². The van der Waals surface area contributed by atoms with Gasteiger partial charge in [0.1, 0.15) is 6.61 Å². The van der Waals surface area contributed by atoms with Gasteiger partial charge in [-0.05, 0) is 12.8 Å². The molecule has 1 aliphatic rings. The maximum Gasteiger partial charge on any atom is 0.331 e. The molecule has 6 nitrogen and oxygen atoms in total. The molecule has 0 aromatic carbocycles. The highest BCUT2D eigenvalue weighted by molar-refractivity contribution is 5.84. The van der Waals surface area contributed by atoms with Gasteiger partial charge in [0.25, 0.3) is 0 Å². The predicted octanol–water partition coefficient (Wildman–Crippen LogP) is 0.318. The number of esters is 2. The van der Waals surface area contributed by atoms with Gasteiger partial charge in [-0.15, -0.1) is 0 Å². The zero-order chi connectivity index (χ0) is 13.4. The summed E-state index contributed by atoms with van der Waals surface area (Å²) >= 11 is 0. The molecule has 1 unspecified atom stereocenters. The Labute approximate surface area is 105 Å². The second kappa shape index (κ2) is 7.47. The molecule has 18 heavy (non-hydrogen) atoms. The van der Waals surface area contributed by atoms with Gasteiger partial charge in [0.05, 0.1) is 7.11 Å². The van der Waals surface area contributed by atoms with Crippen LogP contribution in [0.25, 0.3) is 0 Å². The first-order valence-electron chi connectivity index (χ1n) is 5.81. The molecule has 1 N–H and O–H groups in total. The normalized spacial score (nSPS) is 23.9. The molecule has 0 spiro atoms. The van der Waals surface area contributed by atoms with Crippen LogP contribution in [0.4, 0.5) is 0 Å². The number of ether oxygens (including phenoxy) is 2. The average molecular weight is 255 g/mol. The molecule has 0 aromatic heterocycles. The van der Waals surface area contributed by atoms with Crippen molar-refractivity contribution < 1.29 is 23.9 Å². The van der Waals surface area contributed by atoms with Crippen LogP contribution < -0.4 is 5.32 Å². The van der Waals surface area contributed by atoms with E-state index in [2.05, 4.69) is 10.1 Å². The molecule has 0 bridgehead atoms. The number of carbonyl (C=O) groups is 3. The summed E-state index contributed by atoms with van der Waals surface area (Å²) in [6, 6.07) is -0.935. The van der Waals surface area contributed by atoms with Crippen molar-refractivity contribution in [3.8, 4) is 0 Å². The van der Waals surface area contributed by atoms with Crippen molar-refractivity contribution in [2.45, 2.75) is 31.7 Å². The molecule has 1 heterocycles. The average Bonchev–Trinajstić information content (AvgIpc) is 2.36. The molecule has 0 aliphatic carbocycles. The first kappa shape index (κ1) is 14.2. The summed E-state index contributed by atoms with van der Waals surface area (Å²) in [5.74, 6) is -1.29. The van der Waals surface area contributed by atoms with Crippen molar-refractivity contribution in [3.63, 3.8) is 0 Å². The lowest BCUT2D eigenvalue weighted by Gasteiger charge is -2.16. The Hall–Kier alpha value is -1.85. The second-order valence-corrected chi connectivity index (χ2v) is 3.88. The first-order chi connectivity index (χ1) is 8.63. The fourth-order valence-corrected chi connectivity index (χ4v) is 1.48. The molecule has 6 heteroatoms. The number of hydrogen-bond donors (Lipinski definition) is 1. The zero-order valence-corrected chi connectivity index (χ0v) is 10.3. The van der Waals surface area contributed by atoms with E-state index in [0.29, 0.717) is 12.8 Å². The van der Waals surface area contributed by atoms with Crippen LogP contribution in [0, 0.1) is 0 Å². The maximum atomic E-state index is 11.5. The minimum absolute atomic E-state index is 0.193. The lowest BCUT2D eigenvalue weighted by Crippen LogP contribution is -2.45. The van der Waals surface area contributed by atoms with Crippen LogP contribution in [0.15, 0.2) is 12.2 Å². The summed E-state index contributed by atoms with van der Waals surface area (Å²) in [6.07, 6.45) is 5.38. The third-order valence-corrected chi connectivity index (χ3v) is 2.45. The number of cyclic esters (lactones) is 1. The van der Waals surface area contributed by atoms with Gasteiger partial charge in [-0.25, -0.2) is 4.79 Å². The summed E-state index contributed by atoms with van der Waals surface area (Å²) < 4.78 is 9.45. The third kappa shape index (κ3) is 4.99. The van der Waals surface area contributed by atoms with Crippen molar-refractivity contribution in [1.82, 2.24) is 5.32 Å². The quantitative estimate of drug-likeness (QED) is 0.539. The van der Waals surface area contributed by atoms with E-state index in [-0.39, 0.29) is 25.4 Å². The highest BCUT2D eigenvalue weighted by Gasteiger charge is 2.23.